The van der Waals surface area contributed by atoms with Crippen LogP contribution in [0.4, 0.5) is 10.1 Å². The summed E-state index contributed by atoms with van der Waals surface area (Å²) >= 11 is 0. The molecule has 5 nitrogen and oxygen atoms in total. The van der Waals surface area contributed by atoms with E-state index >= 15 is 0 Å². The molecule has 2 heterocycles. The van der Waals surface area contributed by atoms with Gasteiger partial charge in [-0.25, -0.2) is 4.39 Å². The number of carbonyl (C=O) groups is 1. The SMILES string of the molecule is CN(C(=O)c1ccccn1)c1cn[nH]c1-c1ccc(F)cc1. The van der Waals surface area contributed by atoms with Gasteiger partial charge in [0.15, 0.2) is 0 Å². The molecule has 0 radical (unpaired) electrons. The van der Waals surface area contributed by atoms with Crippen LogP contribution in [0.25, 0.3) is 11.3 Å². The van der Waals surface area contributed by atoms with Gasteiger partial charge in [0.05, 0.1) is 17.6 Å². The highest BCUT2D eigenvalue weighted by atomic mass is 19.1. The van der Waals surface area contributed by atoms with E-state index in [1.165, 1.54) is 17.0 Å². The average molecular weight is 296 g/mol. The second kappa shape index (κ2) is 5.77. The quantitative estimate of drug-likeness (QED) is 0.808. The number of aromatic nitrogens is 3. The van der Waals surface area contributed by atoms with Gasteiger partial charge in [0.1, 0.15) is 11.5 Å². The minimum absolute atomic E-state index is 0.245. The number of rotatable bonds is 3. The van der Waals surface area contributed by atoms with Crippen LogP contribution in [0.1, 0.15) is 10.5 Å². The second-order valence-electron chi connectivity index (χ2n) is 4.72. The lowest BCUT2D eigenvalue weighted by Crippen LogP contribution is -2.27. The van der Waals surface area contributed by atoms with E-state index in [4.69, 9.17) is 0 Å². The summed E-state index contributed by atoms with van der Waals surface area (Å²) in [6.07, 6.45) is 3.12. The predicted molar refractivity (Wildman–Crippen MR) is 81.0 cm³/mol. The third-order valence-electron chi connectivity index (χ3n) is 3.30. The molecule has 0 aliphatic carbocycles. The molecule has 0 aliphatic rings. The van der Waals surface area contributed by atoms with Crippen LogP contribution >= 0.6 is 0 Å². The first kappa shape index (κ1) is 13.9. The van der Waals surface area contributed by atoms with E-state index in [1.807, 2.05) is 0 Å². The maximum atomic E-state index is 13.0. The Morgan fingerprint density at radius 1 is 1.18 bits per heavy atom. The minimum atomic E-state index is -0.317. The maximum Gasteiger partial charge on any atom is 0.276 e. The summed E-state index contributed by atoms with van der Waals surface area (Å²) in [4.78, 5) is 18.0. The van der Waals surface area contributed by atoms with Crippen molar-refractivity contribution in [3.05, 3.63) is 66.4 Å². The van der Waals surface area contributed by atoms with E-state index < -0.39 is 0 Å². The molecule has 0 spiro atoms. The third-order valence-corrected chi connectivity index (χ3v) is 3.30. The summed E-state index contributed by atoms with van der Waals surface area (Å²) in [7, 11) is 1.65. The standard InChI is InChI=1S/C16H13FN4O/c1-21(16(22)13-4-2-3-9-18-13)14-10-19-20-15(14)11-5-7-12(17)8-6-11/h2-10H,1H3,(H,19,20). The summed E-state index contributed by atoms with van der Waals surface area (Å²) in [5, 5.41) is 6.83. The molecule has 2 aromatic heterocycles. The van der Waals surface area contributed by atoms with Crippen molar-refractivity contribution in [2.75, 3.05) is 11.9 Å². The monoisotopic (exact) mass is 296 g/mol. The number of aromatic amines is 1. The molecule has 22 heavy (non-hydrogen) atoms. The van der Waals surface area contributed by atoms with Gasteiger partial charge in [-0.1, -0.05) is 6.07 Å². The zero-order valence-corrected chi connectivity index (χ0v) is 11.8. The number of benzene rings is 1. The number of carbonyl (C=O) groups excluding carboxylic acids is 1. The fraction of sp³-hybridized carbons (Fsp3) is 0.0625. The largest absolute Gasteiger partial charge is 0.307 e. The van der Waals surface area contributed by atoms with Gasteiger partial charge in [-0.2, -0.15) is 5.10 Å². The molecular weight excluding hydrogens is 283 g/mol. The third kappa shape index (κ3) is 2.58. The van der Waals surface area contributed by atoms with Gasteiger partial charge in [0.25, 0.3) is 5.91 Å². The highest BCUT2D eigenvalue weighted by Gasteiger charge is 2.19. The second-order valence-corrected chi connectivity index (χ2v) is 4.72. The number of halogens is 1. The van der Waals surface area contributed by atoms with Crippen molar-refractivity contribution >= 4 is 11.6 Å². The van der Waals surface area contributed by atoms with Crippen LogP contribution in [-0.2, 0) is 0 Å². The molecule has 1 N–H and O–H groups in total. The molecule has 0 unspecified atom stereocenters. The van der Waals surface area contributed by atoms with Gasteiger partial charge in [-0.05, 0) is 36.4 Å². The van der Waals surface area contributed by atoms with Crippen molar-refractivity contribution in [2.24, 2.45) is 0 Å². The summed E-state index contributed by atoms with van der Waals surface area (Å²) < 4.78 is 13.0. The van der Waals surface area contributed by atoms with E-state index in [1.54, 1.807) is 49.8 Å². The molecule has 0 saturated carbocycles. The topological polar surface area (TPSA) is 61.9 Å². The molecule has 3 rings (SSSR count). The zero-order chi connectivity index (χ0) is 15.5. The van der Waals surface area contributed by atoms with Gasteiger partial charge in [-0.3, -0.25) is 14.9 Å². The molecule has 6 heteroatoms. The molecule has 0 bridgehead atoms. The van der Waals surface area contributed by atoms with Crippen molar-refractivity contribution in [3.63, 3.8) is 0 Å². The lowest BCUT2D eigenvalue weighted by atomic mass is 10.1. The van der Waals surface area contributed by atoms with Crippen LogP contribution in [0, 0.1) is 5.82 Å². The van der Waals surface area contributed by atoms with Crippen molar-refractivity contribution in [2.45, 2.75) is 0 Å². The van der Waals surface area contributed by atoms with E-state index in [2.05, 4.69) is 15.2 Å². The number of nitrogens with zero attached hydrogens (tertiary/aromatic N) is 3. The van der Waals surface area contributed by atoms with Crippen LogP contribution in [0.3, 0.4) is 0 Å². The van der Waals surface area contributed by atoms with Gasteiger partial charge < -0.3 is 4.90 Å². The van der Waals surface area contributed by atoms with Gasteiger partial charge in [0, 0.05) is 18.8 Å². The average Bonchev–Trinajstić information content (AvgIpc) is 3.04. The van der Waals surface area contributed by atoms with Crippen molar-refractivity contribution < 1.29 is 9.18 Å². The summed E-state index contributed by atoms with van der Waals surface area (Å²) in [5.74, 6) is -0.562. The predicted octanol–water partition coefficient (Wildman–Crippen LogP) is 2.89. The van der Waals surface area contributed by atoms with E-state index in [-0.39, 0.29) is 11.7 Å². The van der Waals surface area contributed by atoms with Crippen LogP contribution in [0.5, 0.6) is 0 Å². The highest BCUT2D eigenvalue weighted by molar-refractivity contribution is 6.06. The number of hydrogen-bond acceptors (Lipinski definition) is 3. The number of anilines is 1. The molecule has 1 amide bonds. The minimum Gasteiger partial charge on any atom is -0.307 e. The number of pyridine rings is 1. The van der Waals surface area contributed by atoms with Crippen LogP contribution in [0.15, 0.2) is 54.9 Å². The zero-order valence-electron chi connectivity index (χ0n) is 11.8. The van der Waals surface area contributed by atoms with Crippen molar-refractivity contribution in [1.29, 1.82) is 0 Å². The lowest BCUT2D eigenvalue weighted by Gasteiger charge is -2.16. The van der Waals surface area contributed by atoms with E-state index in [9.17, 15) is 9.18 Å². The van der Waals surface area contributed by atoms with Crippen LogP contribution in [-0.4, -0.2) is 28.1 Å². The normalized spacial score (nSPS) is 10.5. The Balaban J connectivity index is 1.94. The first-order chi connectivity index (χ1) is 10.7. The summed E-state index contributed by atoms with van der Waals surface area (Å²) in [6, 6.07) is 11.1. The Labute approximate surface area is 126 Å². The van der Waals surface area contributed by atoms with Crippen LogP contribution in [0.2, 0.25) is 0 Å². The summed E-state index contributed by atoms with van der Waals surface area (Å²) in [6.45, 7) is 0. The smallest absolute Gasteiger partial charge is 0.276 e. The highest BCUT2D eigenvalue weighted by Crippen LogP contribution is 2.28. The van der Waals surface area contributed by atoms with Crippen molar-refractivity contribution in [3.8, 4) is 11.3 Å². The Bertz CT molecular complexity index is 783. The number of amides is 1. The van der Waals surface area contributed by atoms with Gasteiger partial charge in [-0.15, -0.1) is 0 Å². The van der Waals surface area contributed by atoms with E-state index in [0.717, 1.165) is 5.56 Å². The Morgan fingerprint density at radius 3 is 2.64 bits per heavy atom. The van der Waals surface area contributed by atoms with E-state index in [0.29, 0.717) is 17.1 Å². The van der Waals surface area contributed by atoms with Crippen LogP contribution < -0.4 is 4.90 Å². The lowest BCUT2D eigenvalue weighted by molar-refractivity contribution is 0.0988. The fourth-order valence-electron chi connectivity index (χ4n) is 2.13. The molecule has 0 atom stereocenters. The Hall–Kier alpha value is -3.02. The summed E-state index contributed by atoms with van der Waals surface area (Å²) in [5.41, 5.74) is 2.33. The maximum absolute atomic E-state index is 13.0. The Morgan fingerprint density at radius 2 is 1.95 bits per heavy atom. The first-order valence-corrected chi connectivity index (χ1v) is 6.65. The molecule has 0 aliphatic heterocycles. The fourth-order valence-corrected chi connectivity index (χ4v) is 2.13. The molecule has 3 aromatic rings. The molecule has 0 saturated heterocycles. The molecule has 1 aromatic carbocycles. The number of H-pyrrole nitrogens is 1. The number of hydrogen-bond donors (Lipinski definition) is 1. The van der Waals surface area contributed by atoms with Gasteiger partial charge in [0.2, 0.25) is 0 Å². The number of nitrogens with one attached hydrogen (secondary N) is 1. The first-order valence-electron chi connectivity index (χ1n) is 6.65. The molecule has 0 fully saturated rings. The molecular formula is C16H13FN4O. The van der Waals surface area contributed by atoms with Crippen molar-refractivity contribution in [1.82, 2.24) is 15.2 Å². The Kier molecular flexibility index (Phi) is 3.65. The molecule has 110 valence electrons. The van der Waals surface area contributed by atoms with Gasteiger partial charge >= 0.3 is 0 Å².